The van der Waals surface area contributed by atoms with Crippen LogP contribution in [0.15, 0.2) is 11.2 Å². The Hall–Kier alpha value is -0.440. The maximum Gasteiger partial charge on any atom is 0.174 e. The third kappa shape index (κ3) is 0.962. The number of hydrogen-bond donors (Lipinski definition) is 1. The average molecular weight is 113 g/mol. The van der Waals surface area contributed by atoms with Crippen molar-refractivity contribution in [2.24, 2.45) is 0 Å². The smallest absolute Gasteiger partial charge is 0.174 e. The van der Waals surface area contributed by atoms with Crippen molar-refractivity contribution in [1.29, 1.82) is 0 Å². The largest absolute Gasteiger partial charge is 0.331 e. The molecule has 0 saturated carbocycles. The Labute approximate surface area is 46.3 Å². The predicted octanol–water partition coefficient (Wildman–Crippen LogP) is 0.932. The SMILES string of the molecule is CSc1cn[c][nH]1. The molecular weight excluding hydrogens is 108 g/mol. The molecule has 0 saturated heterocycles. The number of imidazole rings is 1. The lowest BCUT2D eigenvalue weighted by Crippen LogP contribution is -1.60. The molecule has 1 aromatic heterocycles. The molecular formula is C4H5N2S. The summed E-state index contributed by atoms with van der Waals surface area (Å²) < 4.78 is 0. The van der Waals surface area contributed by atoms with E-state index in [0.717, 1.165) is 5.03 Å². The second kappa shape index (κ2) is 2.02. The van der Waals surface area contributed by atoms with Crippen LogP contribution in [0.25, 0.3) is 0 Å². The molecule has 0 spiro atoms. The summed E-state index contributed by atoms with van der Waals surface area (Å²) in [5.74, 6) is 0. The predicted molar refractivity (Wildman–Crippen MR) is 29.2 cm³/mol. The molecule has 0 amide bonds. The van der Waals surface area contributed by atoms with Crippen LogP contribution < -0.4 is 0 Å². The van der Waals surface area contributed by atoms with Gasteiger partial charge in [-0.2, -0.15) is 0 Å². The van der Waals surface area contributed by atoms with Crippen molar-refractivity contribution < 1.29 is 0 Å². The van der Waals surface area contributed by atoms with Crippen LogP contribution in [0.4, 0.5) is 0 Å². The van der Waals surface area contributed by atoms with Gasteiger partial charge >= 0.3 is 0 Å². The van der Waals surface area contributed by atoms with E-state index in [0.29, 0.717) is 0 Å². The van der Waals surface area contributed by atoms with E-state index in [1.807, 2.05) is 6.26 Å². The molecule has 1 heterocycles. The molecule has 3 heteroatoms. The highest BCUT2D eigenvalue weighted by Gasteiger charge is 1.83. The number of H-pyrrole nitrogens is 1. The van der Waals surface area contributed by atoms with E-state index in [1.54, 1.807) is 18.0 Å². The van der Waals surface area contributed by atoms with Gasteiger partial charge in [0, 0.05) is 0 Å². The Kier molecular flexibility index (Phi) is 1.36. The third-order valence-electron chi connectivity index (χ3n) is 0.645. The van der Waals surface area contributed by atoms with Crippen LogP contribution >= 0.6 is 11.8 Å². The molecule has 1 radical (unpaired) electrons. The van der Waals surface area contributed by atoms with Gasteiger partial charge in [0.2, 0.25) is 0 Å². The molecule has 1 aromatic rings. The Morgan fingerprint density at radius 2 is 2.86 bits per heavy atom. The molecule has 7 heavy (non-hydrogen) atoms. The zero-order valence-electron chi connectivity index (χ0n) is 3.93. The van der Waals surface area contributed by atoms with Crippen LogP contribution in [0.2, 0.25) is 0 Å². The van der Waals surface area contributed by atoms with Crippen LogP contribution in [0.5, 0.6) is 0 Å². The summed E-state index contributed by atoms with van der Waals surface area (Å²) in [5, 5.41) is 1.06. The highest BCUT2D eigenvalue weighted by Crippen LogP contribution is 2.06. The minimum Gasteiger partial charge on any atom is -0.331 e. The Balaban J connectivity index is 2.76. The van der Waals surface area contributed by atoms with Crippen LogP contribution in [0, 0.1) is 6.33 Å². The van der Waals surface area contributed by atoms with Crippen molar-refractivity contribution in [2.45, 2.75) is 5.03 Å². The fourth-order valence-electron chi connectivity index (χ4n) is 0.314. The van der Waals surface area contributed by atoms with E-state index in [9.17, 15) is 0 Å². The number of aromatic amines is 1. The maximum absolute atomic E-state index is 3.69. The van der Waals surface area contributed by atoms with Crippen LogP contribution in [-0.4, -0.2) is 16.2 Å². The first-order valence-electron chi connectivity index (χ1n) is 1.88. The van der Waals surface area contributed by atoms with Gasteiger partial charge in [-0.15, -0.1) is 11.8 Å². The molecule has 0 aliphatic rings. The minimum absolute atomic E-state index is 1.06. The van der Waals surface area contributed by atoms with Crippen molar-refractivity contribution in [3.63, 3.8) is 0 Å². The average Bonchev–Trinajstić information content (AvgIpc) is 2.14. The Bertz CT molecular complexity index is 124. The van der Waals surface area contributed by atoms with Crippen molar-refractivity contribution in [3.05, 3.63) is 12.5 Å². The van der Waals surface area contributed by atoms with Crippen molar-refractivity contribution in [1.82, 2.24) is 9.97 Å². The standard InChI is InChI=1S/C4H5N2S/c1-7-4-2-5-3-6-4/h2H,1H3,(H,5,6). The van der Waals surface area contributed by atoms with E-state index in [4.69, 9.17) is 0 Å². The maximum atomic E-state index is 3.69. The molecule has 0 fully saturated rings. The number of thioether (sulfide) groups is 1. The van der Waals surface area contributed by atoms with E-state index >= 15 is 0 Å². The fraction of sp³-hybridized carbons (Fsp3) is 0.250. The summed E-state index contributed by atoms with van der Waals surface area (Å²) in [6, 6.07) is 0. The molecule has 0 aliphatic carbocycles. The van der Waals surface area contributed by atoms with Crippen molar-refractivity contribution >= 4 is 11.8 Å². The molecule has 37 valence electrons. The Morgan fingerprint density at radius 3 is 3.14 bits per heavy atom. The minimum atomic E-state index is 1.06. The molecule has 0 unspecified atom stereocenters. The van der Waals surface area contributed by atoms with Gasteiger partial charge < -0.3 is 4.98 Å². The molecule has 1 N–H and O–H groups in total. The second-order valence-electron chi connectivity index (χ2n) is 1.06. The lowest BCUT2D eigenvalue weighted by Gasteiger charge is -1.78. The second-order valence-corrected chi connectivity index (χ2v) is 1.91. The van der Waals surface area contributed by atoms with Crippen LogP contribution in [0.1, 0.15) is 0 Å². The molecule has 1 rings (SSSR count). The monoisotopic (exact) mass is 113 g/mol. The van der Waals surface area contributed by atoms with Crippen LogP contribution in [-0.2, 0) is 0 Å². The fourth-order valence-corrected chi connectivity index (χ4v) is 0.620. The third-order valence-corrected chi connectivity index (χ3v) is 1.29. The highest BCUT2D eigenvalue weighted by atomic mass is 32.2. The summed E-state index contributed by atoms with van der Waals surface area (Å²) in [6.45, 7) is 0. The lowest BCUT2D eigenvalue weighted by atomic mass is 11.0. The first kappa shape index (κ1) is 4.71. The molecule has 0 atom stereocenters. The topological polar surface area (TPSA) is 28.7 Å². The van der Waals surface area contributed by atoms with E-state index in [-0.39, 0.29) is 0 Å². The zero-order valence-corrected chi connectivity index (χ0v) is 4.75. The van der Waals surface area contributed by atoms with Crippen molar-refractivity contribution in [2.75, 3.05) is 6.26 Å². The number of nitrogens with zero attached hydrogens (tertiary/aromatic N) is 1. The van der Waals surface area contributed by atoms with E-state index < -0.39 is 0 Å². The van der Waals surface area contributed by atoms with Gasteiger partial charge in [0.25, 0.3) is 0 Å². The summed E-state index contributed by atoms with van der Waals surface area (Å²) >= 11 is 1.63. The van der Waals surface area contributed by atoms with Crippen molar-refractivity contribution in [3.8, 4) is 0 Å². The van der Waals surface area contributed by atoms with Gasteiger partial charge in [-0.1, -0.05) is 0 Å². The molecule has 0 aromatic carbocycles. The number of nitrogens with one attached hydrogen (secondary N) is 1. The van der Waals surface area contributed by atoms with Gasteiger partial charge in [0.15, 0.2) is 6.33 Å². The van der Waals surface area contributed by atoms with E-state index in [2.05, 4.69) is 16.3 Å². The molecule has 0 aliphatic heterocycles. The van der Waals surface area contributed by atoms with Gasteiger partial charge in [0.1, 0.15) is 0 Å². The lowest BCUT2D eigenvalue weighted by molar-refractivity contribution is 1.19. The van der Waals surface area contributed by atoms with Crippen LogP contribution in [0.3, 0.4) is 0 Å². The van der Waals surface area contributed by atoms with E-state index in [1.165, 1.54) is 0 Å². The molecule has 2 nitrogen and oxygen atoms in total. The van der Waals surface area contributed by atoms with Gasteiger partial charge in [-0.3, -0.25) is 0 Å². The highest BCUT2D eigenvalue weighted by molar-refractivity contribution is 7.98. The normalized spacial score (nSPS) is 9.29. The summed E-state index contributed by atoms with van der Waals surface area (Å²) in [5.41, 5.74) is 0. The Morgan fingerprint density at radius 1 is 2.00 bits per heavy atom. The number of hydrogen-bond acceptors (Lipinski definition) is 2. The van der Waals surface area contributed by atoms with Gasteiger partial charge in [0.05, 0.1) is 11.2 Å². The zero-order chi connectivity index (χ0) is 5.11. The van der Waals surface area contributed by atoms with Gasteiger partial charge in [-0.25, -0.2) is 4.98 Å². The number of aromatic nitrogens is 2. The molecule has 0 bridgehead atoms. The first-order chi connectivity index (χ1) is 3.43. The summed E-state index contributed by atoms with van der Waals surface area (Å²) in [6.07, 6.45) is 6.31. The summed E-state index contributed by atoms with van der Waals surface area (Å²) in [7, 11) is 0. The number of rotatable bonds is 1. The van der Waals surface area contributed by atoms with Gasteiger partial charge in [-0.05, 0) is 6.26 Å². The summed E-state index contributed by atoms with van der Waals surface area (Å²) in [4.78, 5) is 6.51. The quantitative estimate of drug-likeness (QED) is 0.549. The first-order valence-corrected chi connectivity index (χ1v) is 3.11.